The van der Waals surface area contributed by atoms with Gasteiger partial charge in [-0.2, -0.15) is 0 Å². The van der Waals surface area contributed by atoms with E-state index in [1.807, 2.05) is 0 Å². The fourth-order valence-electron chi connectivity index (χ4n) is 6.97. The quantitative estimate of drug-likeness (QED) is 0.201. The molecule has 0 aliphatic heterocycles. The van der Waals surface area contributed by atoms with Crippen LogP contribution in [0.4, 0.5) is 0 Å². The molecule has 43 heavy (non-hydrogen) atoms. The summed E-state index contributed by atoms with van der Waals surface area (Å²) >= 11 is 0. The molecule has 1 heteroatoms. The van der Waals surface area contributed by atoms with Gasteiger partial charge >= 0.3 is 0 Å². The van der Waals surface area contributed by atoms with Gasteiger partial charge in [-0.05, 0) is 66.7 Å². The maximum absolute atomic E-state index is 6.73. The predicted octanol–water partition coefficient (Wildman–Crippen LogP) is 12.0. The molecule has 200 valence electrons. The lowest BCUT2D eigenvalue weighted by atomic mass is 9.85. The molecular formula is C42H26O. The molecule has 0 saturated heterocycles. The Bertz CT molecular complexity index is 2440. The average molecular weight is 547 g/mol. The molecule has 9 aromatic rings. The zero-order valence-electron chi connectivity index (χ0n) is 23.4. The lowest BCUT2D eigenvalue weighted by Crippen LogP contribution is -1.90. The summed E-state index contributed by atoms with van der Waals surface area (Å²) in [4.78, 5) is 0. The van der Waals surface area contributed by atoms with Crippen LogP contribution in [-0.4, -0.2) is 0 Å². The Labute approximate surface area is 249 Å². The van der Waals surface area contributed by atoms with Gasteiger partial charge in [0.15, 0.2) is 0 Å². The molecule has 0 fully saturated rings. The molecule has 0 aliphatic rings. The largest absolute Gasteiger partial charge is 0.455 e. The van der Waals surface area contributed by atoms with Crippen molar-refractivity contribution in [3.63, 3.8) is 0 Å². The average Bonchev–Trinajstić information content (AvgIpc) is 3.46. The molecule has 1 heterocycles. The first-order chi connectivity index (χ1) is 21.3. The molecule has 0 saturated carbocycles. The van der Waals surface area contributed by atoms with Crippen LogP contribution in [0.2, 0.25) is 0 Å². The zero-order chi connectivity index (χ0) is 28.3. The van der Waals surface area contributed by atoms with Crippen LogP contribution in [0.15, 0.2) is 162 Å². The van der Waals surface area contributed by atoms with Gasteiger partial charge in [0.25, 0.3) is 0 Å². The van der Waals surface area contributed by atoms with E-state index in [-0.39, 0.29) is 0 Å². The number of fused-ring (bicyclic) bond motifs is 6. The van der Waals surface area contributed by atoms with Crippen molar-refractivity contribution in [1.29, 1.82) is 0 Å². The number of benzene rings is 8. The van der Waals surface area contributed by atoms with E-state index in [9.17, 15) is 0 Å². The maximum atomic E-state index is 6.73. The van der Waals surface area contributed by atoms with Crippen molar-refractivity contribution in [3.8, 4) is 33.4 Å². The molecule has 0 amide bonds. The number of furan rings is 1. The van der Waals surface area contributed by atoms with Crippen molar-refractivity contribution < 1.29 is 4.42 Å². The van der Waals surface area contributed by atoms with E-state index in [4.69, 9.17) is 4.42 Å². The van der Waals surface area contributed by atoms with Gasteiger partial charge in [0.05, 0.1) is 0 Å². The highest BCUT2D eigenvalue weighted by Gasteiger charge is 2.20. The third-order valence-electron chi connectivity index (χ3n) is 8.86. The van der Waals surface area contributed by atoms with Crippen LogP contribution in [0.5, 0.6) is 0 Å². The van der Waals surface area contributed by atoms with E-state index in [2.05, 4.69) is 158 Å². The maximum Gasteiger partial charge on any atom is 0.143 e. The molecule has 0 spiro atoms. The smallest absolute Gasteiger partial charge is 0.143 e. The summed E-state index contributed by atoms with van der Waals surface area (Å²) in [5.74, 6) is 0. The summed E-state index contributed by atoms with van der Waals surface area (Å²) in [5.41, 5.74) is 9.09. The minimum absolute atomic E-state index is 0.904. The van der Waals surface area contributed by atoms with Crippen LogP contribution in [0.1, 0.15) is 0 Å². The first kappa shape index (κ1) is 24.0. The molecule has 0 bridgehead atoms. The van der Waals surface area contributed by atoms with Gasteiger partial charge in [-0.25, -0.2) is 0 Å². The van der Waals surface area contributed by atoms with E-state index < -0.39 is 0 Å². The topological polar surface area (TPSA) is 13.1 Å². The fraction of sp³-hybridized carbons (Fsp3) is 0. The highest BCUT2D eigenvalue weighted by atomic mass is 16.3. The molecule has 1 aromatic heterocycles. The third kappa shape index (κ3) is 3.65. The summed E-state index contributed by atoms with van der Waals surface area (Å²) in [6, 6.07) is 56.6. The van der Waals surface area contributed by atoms with Crippen molar-refractivity contribution in [3.05, 3.63) is 158 Å². The Morgan fingerprint density at radius 1 is 0.326 bits per heavy atom. The summed E-state index contributed by atoms with van der Waals surface area (Å²) in [7, 11) is 0. The van der Waals surface area contributed by atoms with Crippen LogP contribution in [-0.2, 0) is 0 Å². The Morgan fingerprint density at radius 2 is 0.884 bits per heavy atom. The van der Waals surface area contributed by atoms with Gasteiger partial charge in [0.2, 0.25) is 0 Å². The van der Waals surface area contributed by atoms with Crippen molar-refractivity contribution in [2.45, 2.75) is 0 Å². The van der Waals surface area contributed by atoms with Crippen molar-refractivity contribution in [2.24, 2.45) is 0 Å². The molecule has 0 atom stereocenters. The summed E-state index contributed by atoms with van der Waals surface area (Å²) in [6.07, 6.45) is 0. The van der Waals surface area contributed by atoms with E-state index in [0.29, 0.717) is 0 Å². The molecule has 0 N–H and O–H groups in total. The molecule has 1 nitrogen and oxygen atoms in total. The van der Waals surface area contributed by atoms with Crippen LogP contribution in [0.25, 0.3) is 87.6 Å². The van der Waals surface area contributed by atoms with E-state index in [1.165, 1.54) is 60.1 Å². The molecular weight excluding hydrogens is 520 g/mol. The van der Waals surface area contributed by atoms with E-state index in [0.717, 1.165) is 27.5 Å². The predicted molar refractivity (Wildman–Crippen MR) is 183 cm³/mol. The lowest BCUT2D eigenvalue weighted by molar-refractivity contribution is 0.670. The van der Waals surface area contributed by atoms with E-state index in [1.54, 1.807) is 0 Å². The minimum Gasteiger partial charge on any atom is -0.455 e. The number of rotatable bonds is 3. The second-order valence-electron chi connectivity index (χ2n) is 11.2. The second-order valence-corrected chi connectivity index (χ2v) is 11.2. The van der Waals surface area contributed by atoms with Gasteiger partial charge in [-0.15, -0.1) is 0 Å². The second kappa shape index (κ2) is 9.44. The zero-order valence-corrected chi connectivity index (χ0v) is 23.4. The van der Waals surface area contributed by atoms with E-state index >= 15 is 0 Å². The highest BCUT2D eigenvalue weighted by molar-refractivity contribution is 6.24. The summed E-state index contributed by atoms with van der Waals surface area (Å²) in [6.45, 7) is 0. The molecule has 8 aromatic carbocycles. The van der Waals surface area contributed by atoms with Gasteiger partial charge in [0.1, 0.15) is 11.2 Å². The third-order valence-corrected chi connectivity index (χ3v) is 8.86. The highest BCUT2D eigenvalue weighted by Crippen LogP contribution is 2.46. The van der Waals surface area contributed by atoms with Crippen LogP contribution in [0, 0.1) is 0 Å². The van der Waals surface area contributed by atoms with Crippen LogP contribution in [0.3, 0.4) is 0 Å². The summed E-state index contributed by atoms with van der Waals surface area (Å²) in [5, 5.41) is 9.72. The molecule has 9 rings (SSSR count). The fourth-order valence-corrected chi connectivity index (χ4v) is 6.97. The Morgan fingerprint density at radius 3 is 1.63 bits per heavy atom. The minimum atomic E-state index is 0.904. The number of para-hydroxylation sites is 1. The van der Waals surface area contributed by atoms with Crippen molar-refractivity contribution in [1.82, 2.24) is 0 Å². The first-order valence-electron chi connectivity index (χ1n) is 14.8. The SMILES string of the molecule is c1ccc(-c2c3ccccc3c(-c3cccc4c3oc3ccc(-c5cccc6ccccc56)cc34)c3ccccc23)cc1. The first-order valence-corrected chi connectivity index (χ1v) is 14.8. The van der Waals surface area contributed by atoms with Gasteiger partial charge in [-0.1, -0.05) is 146 Å². The van der Waals surface area contributed by atoms with Crippen molar-refractivity contribution in [2.75, 3.05) is 0 Å². The van der Waals surface area contributed by atoms with Crippen molar-refractivity contribution >= 4 is 54.3 Å². The molecule has 0 aliphatic carbocycles. The number of hydrogen-bond acceptors (Lipinski definition) is 1. The van der Waals surface area contributed by atoms with Gasteiger partial charge in [0, 0.05) is 21.9 Å². The molecule has 0 radical (unpaired) electrons. The Kier molecular flexibility index (Phi) is 5.27. The van der Waals surface area contributed by atoms with Crippen LogP contribution >= 0.6 is 0 Å². The number of hydrogen-bond donors (Lipinski definition) is 0. The Hall–Kier alpha value is -5.66. The standard InChI is InChI=1S/C42H26O/c1-2-13-28(14-3-1)40-32-17-6-8-19-34(32)41(35-20-9-7-18-33(35)40)37-23-11-22-36-38-26-29(24-25-39(38)43-42(36)37)31-21-10-15-27-12-4-5-16-30(27)31/h1-26H. The normalized spacial score (nSPS) is 11.7. The van der Waals surface area contributed by atoms with Gasteiger partial charge in [-0.3, -0.25) is 0 Å². The van der Waals surface area contributed by atoms with Gasteiger partial charge < -0.3 is 4.42 Å². The monoisotopic (exact) mass is 546 g/mol. The van der Waals surface area contributed by atoms with Crippen LogP contribution < -0.4 is 0 Å². The molecule has 0 unspecified atom stereocenters. The lowest BCUT2D eigenvalue weighted by Gasteiger charge is -2.17. The Balaban J connectivity index is 1.34. The summed E-state index contributed by atoms with van der Waals surface area (Å²) < 4.78 is 6.73.